The largest absolute Gasteiger partial charge is 0.520 e. The Morgan fingerprint density at radius 2 is 1.53 bits per heavy atom. The third-order valence-corrected chi connectivity index (χ3v) is 7.51. The van der Waals surface area contributed by atoms with Gasteiger partial charge in [0.05, 0.1) is 0 Å². The molecule has 0 N–H and O–H groups in total. The first kappa shape index (κ1) is 14.3. The maximum atomic E-state index is 6.28. The molecule has 0 radical (unpaired) electrons. The van der Waals surface area contributed by atoms with Crippen molar-refractivity contribution < 1.29 is 8.85 Å². The van der Waals surface area contributed by atoms with Gasteiger partial charge in [-0.05, 0) is 19.1 Å². The molecular weight excluding hydrogens is 228 g/mol. The fraction of sp³-hybridized carbons (Fsp3) is 0.571. The third kappa shape index (κ3) is 3.33. The van der Waals surface area contributed by atoms with E-state index in [1.165, 1.54) is 0 Å². The summed E-state index contributed by atoms with van der Waals surface area (Å²) >= 11 is 0. The standard InChI is InChI=1S/C14H24O2Si/c1-6-15-17(12(2)3,13(4)5)16-14-10-8-7-9-11-14/h7-13H,6H2,1-5H3. The van der Waals surface area contributed by atoms with Crippen molar-refractivity contribution in [3.05, 3.63) is 30.3 Å². The van der Waals surface area contributed by atoms with Gasteiger partial charge in [-0.2, -0.15) is 0 Å². The molecule has 0 aliphatic rings. The lowest BCUT2D eigenvalue weighted by molar-refractivity contribution is 0.232. The van der Waals surface area contributed by atoms with Gasteiger partial charge in [0.25, 0.3) is 0 Å². The summed E-state index contributed by atoms with van der Waals surface area (Å²) in [5, 5.41) is 0. The van der Waals surface area contributed by atoms with Crippen molar-refractivity contribution in [1.29, 1.82) is 0 Å². The van der Waals surface area contributed by atoms with E-state index >= 15 is 0 Å². The quantitative estimate of drug-likeness (QED) is 0.700. The van der Waals surface area contributed by atoms with E-state index in [2.05, 4.69) is 27.7 Å². The van der Waals surface area contributed by atoms with Crippen LogP contribution in [-0.4, -0.2) is 15.2 Å². The predicted molar refractivity (Wildman–Crippen MR) is 74.6 cm³/mol. The van der Waals surface area contributed by atoms with Crippen LogP contribution in [0.25, 0.3) is 0 Å². The smallest absolute Gasteiger partial charge is 0.404 e. The minimum atomic E-state index is -2.19. The van der Waals surface area contributed by atoms with Crippen LogP contribution >= 0.6 is 0 Å². The highest BCUT2D eigenvalue weighted by atomic mass is 28.4. The summed E-state index contributed by atoms with van der Waals surface area (Å²) < 4.78 is 12.4. The van der Waals surface area contributed by atoms with Crippen LogP contribution in [0.2, 0.25) is 11.1 Å². The number of para-hydroxylation sites is 1. The molecule has 0 saturated carbocycles. The monoisotopic (exact) mass is 252 g/mol. The Kier molecular flexibility index (Phi) is 5.21. The van der Waals surface area contributed by atoms with Crippen molar-refractivity contribution in [2.45, 2.75) is 45.7 Å². The lowest BCUT2D eigenvalue weighted by Crippen LogP contribution is -2.51. The molecule has 0 amide bonds. The van der Waals surface area contributed by atoms with Gasteiger partial charge in [-0.3, -0.25) is 0 Å². The number of hydrogen-bond donors (Lipinski definition) is 0. The van der Waals surface area contributed by atoms with Crippen molar-refractivity contribution in [3.63, 3.8) is 0 Å². The molecule has 0 aliphatic carbocycles. The maximum absolute atomic E-state index is 6.28. The summed E-state index contributed by atoms with van der Waals surface area (Å²) in [7, 11) is -2.19. The fourth-order valence-corrected chi connectivity index (χ4v) is 5.65. The molecule has 0 bridgehead atoms. The van der Waals surface area contributed by atoms with Crippen molar-refractivity contribution in [2.24, 2.45) is 0 Å². The molecule has 1 aromatic rings. The molecule has 2 nitrogen and oxygen atoms in total. The SMILES string of the molecule is CCO[Si](Oc1ccccc1)(C(C)C)C(C)C. The highest BCUT2D eigenvalue weighted by Gasteiger charge is 2.46. The van der Waals surface area contributed by atoms with Gasteiger partial charge in [0.1, 0.15) is 5.75 Å². The van der Waals surface area contributed by atoms with Gasteiger partial charge in [-0.15, -0.1) is 0 Å². The van der Waals surface area contributed by atoms with Crippen LogP contribution in [0.4, 0.5) is 0 Å². The van der Waals surface area contributed by atoms with Gasteiger partial charge in [0, 0.05) is 17.7 Å². The van der Waals surface area contributed by atoms with Gasteiger partial charge < -0.3 is 8.85 Å². The molecule has 0 aliphatic heterocycles. The molecule has 0 spiro atoms. The number of hydrogen-bond acceptors (Lipinski definition) is 2. The van der Waals surface area contributed by atoms with Crippen LogP contribution in [0.3, 0.4) is 0 Å². The lowest BCUT2D eigenvalue weighted by Gasteiger charge is -2.37. The predicted octanol–water partition coefficient (Wildman–Crippen LogP) is 4.36. The highest BCUT2D eigenvalue weighted by Crippen LogP contribution is 2.35. The Morgan fingerprint density at radius 3 is 1.94 bits per heavy atom. The second-order valence-electron chi connectivity index (χ2n) is 4.88. The summed E-state index contributed by atoms with van der Waals surface area (Å²) in [6.07, 6.45) is 0. The van der Waals surface area contributed by atoms with E-state index in [4.69, 9.17) is 8.85 Å². The maximum Gasteiger partial charge on any atom is 0.404 e. The van der Waals surface area contributed by atoms with Crippen molar-refractivity contribution in [1.82, 2.24) is 0 Å². The Labute approximate surface area is 106 Å². The summed E-state index contributed by atoms with van der Waals surface area (Å²) in [6.45, 7) is 11.6. The fourth-order valence-electron chi connectivity index (χ4n) is 2.16. The molecule has 1 aromatic carbocycles. The first-order valence-electron chi connectivity index (χ1n) is 6.41. The van der Waals surface area contributed by atoms with E-state index in [1.807, 2.05) is 37.3 Å². The van der Waals surface area contributed by atoms with Crippen molar-refractivity contribution in [3.8, 4) is 5.75 Å². The van der Waals surface area contributed by atoms with E-state index in [0.717, 1.165) is 12.4 Å². The molecule has 0 aromatic heterocycles. The normalized spacial score (nSPS) is 12.2. The second-order valence-corrected chi connectivity index (χ2v) is 9.12. The summed E-state index contributed by atoms with van der Waals surface area (Å²) in [4.78, 5) is 0. The number of rotatable bonds is 6. The van der Waals surface area contributed by atoms with E-state index in [-0.39, 0.29) is 0 Å². The van der Waals surface area contributed by atoms with Crippen LogP contribution in [0, 0.1) is 0 Å². The van der Waals surface area contributed by atoms with E-state index in [1.54, 1.807) is 0 Å². The molecule has 1 rings (SSSR count). The van der Waals surface area contributed by atoms with Gasteiger partial charge in [-0.1, -0.05) is 45.9 Å². The molecule has 96 valence electrons. The minimum absolute atomic E-state index is 0.433. The zero-order valence-corrected chi connectivity index (χ0v) is 12.6. The van der Waals surface area contributed by atoms with Crippen molar-refractivity contribution >= 4 is 8.56 Å². The lowest BCUT2D eigenvalue weighted by atomic mass is 10.3. The van der Waals surface area contributed by atoms with E-state index < -0.39 is 8.56 Å². The first-order chi connectivity index (χ1) is 8.03. The zero-order chi connectivity index (χ0) is 12.9. The summed E-state index contributed by atoms with van der Waals surface area (Å²) in [5.41, 5.74) is 0.866. The third-order valence-electron chi connectivity index (χ3n) is 3.00. The Bertz CT molecular complexity index is 314. The second kappa shape index (κ2) is 6.22. The van der Waals surface area contributed by atoms with Crippen molar-refractivity contribution in [2.75, 3.05) is 6.61 Å². The topological polar surface area (TPSA) is 18.5 Å². The Balaban J connectivity index is 2.97. The van der Waals surface area contributed by atoms with Crippen LogP contribution in [0.15, 0.2) is 30.3 Å². The first-order valence-corrected chi connectivity index (χ1v) is 8.38. The van der Waals surface area contributed by atoms with Crippen LogP contribution in [0.1, 0.15) is 34.6 Å². The molecule has 0 unspecified atom stereocenters. The average Bonchev–Trinajstić information content (AvgIpc) is 2.29. The molecule has 3 heteroatoms. The summed E-state index contributed by atoms with van der Waals surface area (Å²) in [5.74, 6) is 0.926. The van der Waals surface area contributed by atoms with Crippen LogP contribution in [-0.2, 0) is 4.43 Å². The summed E-state index contributed by atoms with van der Waals surface area (Å²) in [6, 6.07) is 10.0. The van der Waals surface area contributed by atoms with Gasteiger partial charge in [0.15, 0.2) is 0 Å². The van der Waals surface area contributed by atoms with E-state index in [0.29, 0.717) is 11.1 Å². The molecule has 17 heavy (non-hydrogen) atoms. The Morgan fingerprint density at radius 1 is 1.00 bits per heavy atom. The highest BCUT2D eigenvalue weighted by molar-refractivity contribution is 6.70. The van der Waals surface area contributed by atoms with E-state index in [9.17, 15) is 0 Å². The van der Waals surface area contributed by atoms with Gasteiger partial charge in [0.2, 0.25) is 0 Å². The molecular formula is C14H24O2Si. The Hall–Kier alpha value is -0.803. The molecule has 0 heterocycles. The number of benzene rings is 1. The zero-order valence-electron chi connectivity index (χ0n) is 11.6. The minimum Gasteiger partial charge on any atom is -0.520 e. The van der Waals surface area contributed by atoms with Gasteiger partial charge >= 0.3 is 8.56 Å². The van der Waals surface area contributed by atoms with Crippen LogP contribution in [0.5, 0.6) is 5.75 Å². The van der Waals surface area contributed by atoms with Crippen LogP contribution < -0.4 is 4.43 Å². The molecule has 0 saturated heterocycles. The average molecular weight is 252 g/mol. The molecule has 0 atom stereocenters. The molecule has 0 fully saturated rings. The van der Waals surface area contributed by atoms with Gasteiger partial charge in [-0.25, -0.2) is 0 Å².